The van der Waals surface area contributed by atoms with Crippen LogP contribution in [0.2, 0.25) is 5.02 Å². The lowest BCUT2D eigenvalue weighted by Crippen LogP contribution is -2.28. The molecule has 0 saturated heterocycles. The first-order valence-corrected chi connectivity index (χ1v) is 12.4. The van der Waals surface area contributed by atoms with Gasteiger partial charge in [-0.25, -0.2) is 4.39 Å². The molecular formula is C32H26ClF. The molecule has 2 aliphatic carbocycles. The molecule has 168 valence electrons. The molecule has 6 rings (SSSR count). The fourth-order valence-corrected chi connectivity index (χ4v) is 6.06. The van der Waals surface area contributed by atoms with Crippen LogP contribution in [0.1, 0.15) is 47.1 Å². The Balaban J connectivity index is 1.77. The predicted molar refractivity (Wildman–Crippen MR) is 139 cm³/mol. The van der Waals surface area contributed by atoms with Crippen molar-refractivity contribution in [3.8, 4) is 0 Å². The van der Waals surface area contributed by atoms with E-state index in [1.807, 2.05) is 18.2 Å². The number of hydrogen-bond acceptors (Lipinski definition) is 0. The van der Waals surface area contributed by atoms with Gasteiger partial charge in [0.25, 0.3) is 0 Å². The monoisotopic (exact) mass is 464 g/mol. The van der Waals surface area contributed by atoms with E-state index in [0.29, 0.717) is 5.92 Å². The Labute approximate surface area is 204 Å². The smallest absolute Gasteiger partial charge is 0.123 e. The molecule has 2 unspecified atom stereocenters. The minimum Gasteiger partial charge on any atom is -0.207 e. The van der Waals surface area contributed by atoms with Crippen LogP contribution in [-0.4, -0.2) is 0 Å². The minimum atomic E-state index is -0.193. The van der Waals surface area contributed by atoms with Crippen molar-refractivity contribution < 1.29 is 4.39 Å². The average Bonchev–Trinajstić information content (AvgIpc) is 2.84. The molecule has 0 bridgehead atoms. The molecule has 0 aliphatic heterocycles. The molecule has 0 nitrogen and oxygen atoms in total. The summed E-state index contributed by atoms with van der Waals surface area (Å²) in [6.07, 6.45) is 4.43. The Morgan fingerprint density at radius 3 is 2.41 bits per heavy atom. The van der Waals surface area contributed by atoms with E-state index >= 15 is 0 Å². The van der Waals surface area contributed by atoms with Gasteiger partial charge in [-0.15, -0.1) is 0 Å². The van der Waals surface area contributed by atoms with E-state index in [9.17, 15) is 4.39 Å². The molecule has 0 spiro atoms. The van der Waals surface area contributed by atoms with Crippen LogP contribution in [0.4, 0.5) is 4.39 Å². The van der Waals surface area contributed by atoms with E-state index in [1.165, 1.54) is 38.6 Å². The van der Waals surface area contributed by atoms with Crippen LogP contribution >= 0.6 is 11.6 Å². The van der Waals surface area contributed by atoms with Gasteiger partial charge in [0.05, 0.1) is 0 Å². The second-order valence-corrected chi connectivity index (χ2v) is 10.1. The van der Waals surface area contributed by atoms with Crippen LogP contribution in [0.25, 0.3) is 11.6 Å². The van der Waals surface area contributed by atoms with Gasteiger partial charge in [0, 0.05) is 10.9 Å². The second kappa shape index (κ2) is 8.25. The number of benzene rings is 4. The highest BCUT2D eigenvalue weighted by Gasteiger charge is 2.26. The molecule has 0 saturated carbocycles. The lowest BCUT2D eigenvalue weighted by Gasteiger charge is -2.29. The van der Waals surface area contributed by atoms with E-state index in [2.05, 4.69) is 68.5 Å². The van der Waals surface area contributed by atoms with Gasteiger partial charge in [-0.3, -0.25) is 0 Å². The lowest BCUT2D eigenvalue weighted by atomic mass is 9.75. The summed E-state index contributed by atoms with van der Waals surface area (Å²) in [5.41, 5.74) is 8.01. The van der Waals surface area contributed by atoms with E-state index in [4.69, 9.17) is 11.6 Å². The van der Waals surface area contributed by atoms with Gasteiger partial charge in [-0.2, -0.15) is 0 Å². The Bertz CT molecular complexity index is 1650. The third kappa shape index (κ3) is 3.42. The topological polar surface area (TPSA) is 0 Å². The van der Waals surface area contributed by atoms with Gasteiger partial charge in [0.1, 0.15) is 5.82 Å². The Morgan fingerprint density at radius 1 is 0.853 bits per heavy atom. The first-order chi connectivity index (χ1) is 16.5. The average molecular weight is 465 g/mol. The maximum Gasteiger partial charge on any atom is 0.123 e. The molecule has 0 aromatic heterocycles. The molecule has 4 aromatic rings. The summed E-state index contributed by atoms with van der Waals surface area (Å²) in [5.74, 6) is 0.395. The van der Waals surface area contributed by atoms with Crippen molar-refractivity contribution in [2.75, 3.05) is 0 Å². The highest BCUT2D eigenvalue weighted by Crippen LogP contribution is 2.36. The van der Waals surface area contributed by atoms with Crippen LogP contribution in [0.5, 0.6) is 0 Å². The van der Waals surface area contributed by atoms with Crippen LogP contribution in [0.3, 0.4) is 0 Å². The van der Waals surface area contributed by atoms with Crippen molar-refractivity contribution in [3.05, 3.63) is 138 Å². The van der Waals surface area contributed by atoms with E-state index in [0.717, 1.165) is 33.5 Å². The maximum atomic E-state index is 14.3. The lowest BCUT2D eigenvalue weighted by molar-refractivity contribution is 0.625. The van der Waals surface area contributed by atoms with Crippen LogP contribution in [0, 0.1) is 29.1 Å². The number of halogens is 2. The van der Waals surface area contributed by atoms with Gasteiger partial charge >= 0.3 is 0 Å². The first kappa shape index (κ1) is 21.4. The number of aryl methyl sites for hydroxylation is 1. The van der Waals surface area contributed by atoms with Crippen molar-refractivity contribution in [3.63, 3.8) is 0 Å². The Kier molecular flexibility index (Phi) is 5.19. The fourth-order valence-electron chi connectivity index (χ4n) is 5.94. The van der Waals surface area contributed by atoms with E-state index < -0.39 is 0 Å². The highest BCUT2D eigenvalue weighted by atomic mass is 35.5. The summed E-state index contributed by atoms with van der Waals surface area (Å²) in [5, 5.41) is 5.30. The molecule has 0 N–H and O–H groups in total. The zero-order valence-corrected chi connectivity index (χ0v) is 20.2. The normalized spacial score (nSPS) is 18.5. The largest absolute Gasteiger partial charge is 0.207 e. The van der Waals surface area contributed by atoms with Gasteiger partial charge in [-0.1, -0.05) is 79.2 Å². The van der Waals surface area contributed by atoms with Crippen molar-refractivity contribution in [2.45, 2.75) is 32.6 Å². The number of rotatable bonds is 2. The molecule has 0 radical (unpaired) electrons. The van der Waals surface area contributed by atoms with Gasteiger partial charge in [0.2, 0.25) is 0 Å². The molecule has 0 amide bonds. The Hall–Kier alpha value is -3.16. The Morgan fingerprint density at radius 2 is 1.62 bits per heavy atom. The maximum absolute atomic E-state index is 14.3. The SMILES string of the molecule is Cc1ccccc1C1=c2ccc3c(c2CCC1C)C(c1ccc(Cl)cc1)C=c1ccc(F)cc1=3. The molecule has 2 atom stereocenters. The zero-order valence-electron chi connectivity index (χ0n) is 19.4. The predicted octanol–water partition coefficient (Wildman–Crippen LogP) is 6.78. The molecular weight excluding hydrogens is 439 g/mol. The molecule has 2 aliphatic rings. The van der Waals surface area contributed by atoms with Crippen LogP contribution < -0.4 is 10.4 Å². The zero-order chi connectivity index (χ0) is 23.4. The van der Waals surface area contributed by atoms with Crippen molar-refractivity contribution in [2.24, 2.45) is 5.92 Å². The molecule has 2 heteroatoms. The molecule has 0 fully saturated rings. The molecule has 34 heavy (non-hydrogen) atoms. The van der Waals surface area contributed by atoms with Gasteiger partial charge in [-0.05, 0) is 104 Å². The quantitative estimate of drug-likeness (QED) is 0.306. The summed E-state index contributed by atoms with van der Waals surface area (Å²) in [6, 6.07) is 26.5. The minimum absolute atomic E-state index is 0.103. The highest BCUT2D eigenvalue weighted by molar-refractivity contribution is 6.30. The standard InChI is InChI=1S/C32H26ClF/c1-19-5-3-4-6-25(19)31-20(2)7-14-27-26(31)15-16-28-29-18-24(34)13-10-22(29)17-30(32(27)28)21-8-11-23(33)12-9-21/h3-6,8-13,15-18,20,30H,7,14H2,1-2H3. The summed E-state index contributed by atoms with van der Waals surface area (Å²) in [7, 11) is 0. The van der Waals surface area contributed by atoms with Crippen LogP contribution in [-0.2, 0) is 6.42 Å². The molecule has 4 aromatic carbocycles. The van der Waals surface area contributed by atoms with E-state index in [1.54, 1.807) is 12.1 Å². The molecule has 0 heterocycles. The van der Waals surface area contributed by atoms with Crippen molar-refractivity contribution >= 4 is 23.3 Å². The number of hydrogen-bond donors (Lipinski definition) is 0. The summed E-state index contributed by atoms with van der Waals surface area (Å²) >= 11 is 6.23. The third-order valence-corrected chi connectivity index (χ3v) is 7.85. The second-order valence-electron chi connectivity index (χ2n) is 9.65. The summed E-state index contributed by atoms with van der Waals surface area (Å²) < 4.78 is 14.3. The third-order valence-electron chi connectivity index (χ3n) is 7.59. The summed E-state index contributed by atoms with van der Waals surface area (Å²) in [6.45, 7) is 4.54. The van der Waals surface area contributed by atoms with Crippen molar-refractivity contribution in [1.82, 2.24) is 0 Å². The summed E-state index contributed by atoms with van der Waals surface area (Å²) in [4.78, 5) is 0. The van der Waals surface area contributed by atoms with E-state index in [-0.39, 0.29) is 11.7 Å². The first-order valence-electron chi connectivity index (χ1n) is 12.0. The van der Waals surface area contributed by atoms with Gasteiger partial charge in [0.15, 0.2) is 0 Å². The fraction of sp³-hybridized carbons (Fsp3) is 0.188. The number of fused-ring (bicyclic) bond motifs is 4. The van der Waals surface area contributed by atoms with Crippen molar-refractivity contribution in [1.29, 1.82) is 0 Å². The van der Waals surface area contributed by atoms with Crippen LogP contribution in [0.15, 0.2) is 78.9 Å². The van der Waals surface area contributed by atoms with Gasteiger partial charge < -0.3 is 0 Å².